The Hall–Kier alpha value is -7.43. The van der Waals surface area contributed by atoms with Gasteiger partial charge in [-0.25, -0.2) is 15.0 Å². The number of para-hydroxylation sites is 1. The maximum absolute atomic E-state index is 6.25. The molecule has 0 aliphatic heterocycles. The SMILES string of the molecule is c1ccc(-c2nc(-c3ccc(-c4cccc5c4C4(c6ccccc6-c6ccccc64)c4ccccc4-5)cc3)nc(-c3ccc4c(c3)oc3ccccc34)n2)cc1. The molecule has 0 saturated carbocycles. The Kier molecular flexibility index (Phi) is 6.52. The van der Waals surface area contributed by atoms with Crippen LogP contribution >= 0.6 is 0 Å². The summed E-state index contributed by atoms with van der Waals surface area (Å²) in [7, 11) is 0. The quantitative estimate of drug-likeness (QED) is 0.182. The fourth-order valence-corrected chi connectivity index (χ4v) is 9.41. The molecule has 4 heteroatoms. The minimum Gasteiger partial charge on any atom is -0.456 e. The van der Waals surface area contributed by atoms with E-state index in [0.29, 0.717) is 17.5 Å². The number of hydrogen-bond donors (Lipinski definition) is 0. The molecule has 0 amide bonds. The second-order valence-electron chi connectivity index (χ2n) is 14.7. The van der Waals surface area contributed by atoms with Crippen LogP contribution in [0.5, 0.6) is 0 Å². The predicted octanol–water partition coefficient (Wildman–Crippen LogP) is 12.8. The van der Waals surface area contributed by atoms with Gasteiger partial charge in [0.15, 0.2) is 17.5 Å². The van der Waals surface area contributed by atoms with Gasteiger partial charge in [0.25, 0.3) is 0 Å². The van der Waals surface area contributed by atoms with Crippen molar-refractivity contribution in [1.29, 1.82) is 0 Å². The monoisotopic (exact) mass is 713 g/mol. The van der Waals surface area contributed by atoms with Crippen LogP contribution in [0.15, 0.2) is 192 Å². The summed E-state index contributed by atoms with van der Waals surface area (Å²) in [4.78, 5) is 15.1. The molecule has 0 unspecified atom stereocenters. The van der Waals surface area contributed by atoms with E-state index in [1.54, 1.807) is 0 Å². The largest absolute Gasteiger partial charge is 0.456 e. The summed E-state index contributed by atoms with van der Waals surface area (Å²) in [6.07, 6.45) is 0. The van der Waals surface area contributed by atoms with Crippen LogP contribution < -0.4 is 0 Å². The number of rotatable bonds is 4. The normalized spacial score (nSPS) is 13.1. The molecule has 12 rings (SSSR count). The van der Waals surface area contributed by atoms with Crippen molar-refractivity contribution in [2.24, 2.45) is 0 Å². The Morgan fingerprint density at radius 3 is 1.46 bits per heavy atom. The van der Waals surface area contributed by atoms with Gasteiger partial charge < -0.3 is 4.42 Å². The fourth-order valence-electron chi connectivity index (χ4n) is 9.41. The highest BCUT2D eigenvalue weighted by Crippen LogP contribution is 2.64. The van der Waals surface area contributed by atoms with Gasteiger partial charge in [-0.2, -0.15) is 0 Å². The van der Waals surface area contributed by atoms with Crippen LogP contribution in [0.1, 0.15) is 22.3 Å². The van der Waals surface area contributed by atoms with Crippen LogP contribution in [0.3, 0.4) is 0 Å². The lowest BCUT2D eigenvalue weighted by Gasteiger charge is -2.32. The lowest BCUT2D eigenvalue weighted by atomic mass is 9.68. The molecule has 10 aromatic rings. The van der Waals surface area contributed by atoms with Crippen LogP contribution in [0.25, 0.3) is 89.5 Å². The first kappa shape index (κ1) is 31.0. The number of hydrogen-bond acceptors (Lipinski definition) is 4. The summed E-state index contributed by atoms with van der Waals surface area (Å²) in [5.41, 5.74) is 16.8. The number of aromatic nitrogens is 3. The Balaban J connectivity index is 1.02. The summed E-state index contributed by atoms with van der Waals surface area (Å²) in [5.74, 6) is 1.84. The molecule has 0 N–H and O–H groups in total. The van der Waals surface area contributed by atoms with Crippen molar-refractivity contribution >= 4 is 21.9 Å². The van der Waals surface area contributed by atoms with E-state index >= 15 is 0 Å². The first-order valence-corrected chi connectivity index (χ1v) is 19.0. The van der Waals surface area contributed by atoms with Gasteiger partial charge in [0, 0.05) is 27.5 Å². The molecular formula is C52H31N3O. The summed E-state index contributed by atoms with van der Waals surface area (Å²) in [6.45, 7) is 0. The third-order valence-electron chi connectivity index (χ3n) is 11.8. The summed E-state index contributed by atoms with van der Waals surface area (Å²) >= 11 is 0. The molecule has 8 aromatic carbocycles. The van der Waals surface area contributed by atoms with Gasteiger partial charge in [-0.1, -0.05) is 170 Å². The Morgan fingerprint density at radius 1 is 0.321 bits per heavy atom. The Bertz CT molecular complexity index is 3130. The van der Waals surface area contributed by atoms with E-state index in [9.17, 15) is 0 Å². The van der Waals surface area contributed by atoms with Gasteiger partial charge in [0.05, 0.1) is 5.41 Å². The molecule has 0 bridgehead atoms. The number of benzene rings is 8. The molecule has 0 atom stereocenters. The number of furan rings is 1. The molecule has 0 radical (unpaired) electrons. The van der Waals surface area contributed by atoms with Gasteiger partial charge in [-0.15, -0.1) is 0 Å². The van der Waals surface area contributed by atoms with E-state index in [4.69, 9.17) is 19.4 Å². The van der Waals surface area contributed by atoms with E-state index < -0.39 is 5.41 Å². The minimum atomic E-state index is -0.428. The maximum atomic E-state index is 6.25. The van der Waals surface area contributed by atoms with Gasteiger partial charge >= 0.3 is 0 Å². The minimum absolute atomic E-state index is 0.428. The summed E-state index contributed by atoms with van der Waals surface area (Å²) in [6, 6.07) is 66.8. The van der Waals surface area contributed by atoms with Crippen molar-refractivity contribution in [1.82, 2.24) is 15.0 Å². The number of nitrogens with zero attached hydrogens (tertiary/aromatic N) is 3. The fraction of sp³-hybridized carbons (Fsp3) is 0.0192. The Morgan fingerprint density at radius 2 is 0.786 bits per heavy atom. The van der Waals surface area contributed by atoms with Crippen molar-refractivity contribution in [2.45, 2.75) is 5.41 Å². The van der Waals surface area contributed by atoms with Gasteiger partial charge in [0.1, 0.15) is 11.2 Å². The lowest BCUT2D eigenvalue weighted by molar-refractivity contribution is 0.669. The molecule has 56 heavy (non-hydrogen) atoms. The molecule has 2 heterocycles. The predicted molar refractivity (Wildman–Crippen MR) is 225 cm³/mol. The zero-order valence-electron chi connectivity index (χ0n) is 30.1. The van der Waals surface area contributed by atoms with Gasteiger partial charge in [-0.05, 0) is 73.8 Å². The second-order valence-corrected chi connectivity index (χ2v) is 14.7. The highest BCUT2D eigenvalue weighted by molar-refractivity contribution is 6.06. The van der Waals surface area contributed by atoms with Crippen LogP contribution in [-0.4, -0.2) is 15.0 Å². The molecule has 4 nitrogen and oxygen atoms in total. The summed E-state index contributed by atoms with van der Waals surface area (Å²) in [5, 5.41) is 2.16. The van der Waals surface area contributed by atoms with Crippen LogP contribution in [0, 0.1) is 0 Å². The average Bonchev–Trinajstić information content (AvgIpc) is 3.90. The molecule has 260 valence electrons. The van der Waals surface area contributed by atoms with Crippen molar-refractivity contribution in [2.75, 3.05) is 0 Å². The molecule has 0 saturated heterocycles. The first-order valence-electron chi connectivity index (χ1n) is 19.0. The van der Waals surface area contributed by atoms with Gasteiger partial charge in [0.2, 0.25) is 0 Å². The molecule has 2 aliphatic carbocycles. The highest BCUT2D eigenvalue weighted by Gasteiger charge is 2.52. The van der Waals surface area contributed by atoms with Crippen molar-refractivity contribution in [3.8, 4) is 67.5 Å². The van der Waals surface area contributed by atoms with Crippen molar-refractivity contribution in [3.63, 3.8) is 0 Å². The zero-order valence-corrected chi connectivity index (χ0v) is 30.1. The molecule has 1 spiro atoms. The topological polar surface area (TPSA) is 51.8 Å². The molecular weight excluding hydrogens is 683 g/mol. The Labute approximate surface area is 323 Å². The van der Waals surface area contributed by atoms with Crippen LogP contribution in [0.2, 0.25) is 0 Å². The first-order chi connectivity index (χ1) is 27.8. The summed E-state index contributed by atoms with van der Waals surface area (Å²) < 4.78 is 6.25. The highest BCUT2D eigenvalue weighted by atomic mass is 16.3. The van der Waals surface area contributed by atoms with Crippen LogP contribution in [-0.2, 0) is 5.41 Å². The standard InChI is InChI=1S/C52H31N3O/c1-2-13-33(14-3-1)49-53-50(55-51(54-49)35-29-30-41-40-18-7-11-24-46(40)56-47(41)31-35)34-27-25-32(26-28-34)36-19-12-20-42-39-17-6-10-23-45(39)52(48(36)42)43-21-8-4-15-37(43)38-16-5-9-22-44(38)52/h1-31H. The smallest absolute Gasteiger partial charge is 0.164 e. The molecule has 0 fully saturated rings. The van der Waals surface area contributed by atoms with E-state index in [0.717, 1.165) is 44.2 Å². The average molecular weight is 714 g/mol. The van der Waals surface area contributed by atoms with E-state index in [1.165, 1.54) is 50.1 Å². The third-order valence-corrected chi connectivity index (χ3v) is 11.8. The van der Waals surface area contributed by atoms with E-state index in [1.807, 2.05) is 54.6 Å². The molecule has 2 aromatic heterocycles. The second kappa shape index (κ2) is 11.8. The van der Waals surface area contributed by atoms with Crippen LogP contribution in [0.4, 0.5) is 0 Å². The molecule has 2 aliphatic rings. The van der Waals surface area contributed by atoms with Crippen molar-refractivity contribution < 1.29 is 4.42 Å². The zero-order chi connectivity index (χ0) is 36.8. The van der Waals surface area contributed by atoms with E-state index in [2.05, 4.69) is 133 Å². The van der Waals surface area contributed by atoms with E-state index in [-0.39, 0.29) is 0 Å². The third kappa shape index (κ3) is 4.32. The maximum Gasteiger partial charge on any atom is 0.164 e. The number of fused-ring (bicyclic) bond motifs is 13. The lowest BCUT2D eigenvalue weighted by Crippen LogP contribution is -2.26. The van der Waals surface area contributed by atoms with Crippen molar-refractivity contribution in [3.05, 3.63) is 210 Å². The van der Waals surface area contributed by atoms with Gasteiger partial charge in [-0.3, -0.25) is 0 Å².